The van der Waals surface area contributed by atoms with Gasteiger partial charge in [0, 0.05) is 31.4 Å². The topological polar surface area (TPSA) is 103 Å². The number of carbonyl (C=O) groups is 2. The molecule has 1 saturated carbocycles. The fraction of sp³-hybridized carbons (Fsp3) is 0.476. The monoisotopic (exact) mass is 480 g/mol. The Hall–Kier alpha value is -3.32. The highest BCUT2D eigenvalue weighted by Crippen LogP contribution is 2.41. The van der Waals surface area contributed by atoms with Crippen LogP contribution in [0.4, 0.5) is 18.0 Å². The Labute approximate surface area is 193 Å². The van der Waals surface area contributed by atoms with E-state index in [1.54, 1.807) is 6.07 Å². The van der Waals surface area contributed by atoms with Crippen molar-refractivity contribution in [3.63, 3.8) is 0 Å². The lowest BCUT2D eigenvalue weighted by molar-refractivity contribution is -0.141. The molecule has 0 atom stereocenters. The van der Waals surface area contributed by atoms with Gasteiger partial charge < -0.3 is 9.47 Å². The number of alkyl halides is 3. The summed E-state index contributed by atoms with van der Waals surface area (Å²) < 4.78 is 51.3. The van der Waals surface area contributed by atoms with Crippen LogP contribution < -0.4 is 0 Å². The molecule has 1 aliphatic carbocycles. The van der Waals surface area contributed by atoms with Gasteiger partial charge in [-0.3, -0.25) is 14.6 Å². The third-order valence-electron chi connectivity index (χ3n) is 5.41. The molecule has 182 valence electrons. The summed E-state index contributed by atoms with van der Waals surface area (Å²) in [5.74, 6) is -0.502. The summed E-state index contributed by atoms with van der Waals surface area (Å²) in [4.78, 5) is 35.7. The fourth-order valence-electron chi connectivity index (χ4n) is 3.50. The van der Waals surface area contributed by atoms with Gasteiger partial charge >= 0.3 is 12.2 Å². The van der Waals surface area contributed by atoms with E-state index in [4.69, 9.17) is 9.47 Å². The van der Waals surface area contributed by atoms with Crippen LogP contribution in [-0.4, -0.2) is 82.0 Å². The van der Waals surface area contributed by atoms with Gasteiger partial charge in [0.05, 0.1) is 32.5 Å². The van der Waals surface area contributed by atoms with Gasteiger partial charge in [0.15, 0.2) is 5.82 Å². The molecule has 2 aromatic rings. The Morgan fingerprint density at radius 1 is 1.09 bits per heavy atom. The number of hydrogen-bond donors (Lipinski definition) is 0. The maximum Gasteiger partial charge on any atom is 0.433 e. The number of ether oxygens (including phenoxy) is 2. The molecule has 10 nitrogen and oxygen atoms in total. The molecule has 0 bridgehead atoms. The average molecular weight is 480 g/mol. The molecule has 0 spiro atoms. The molecule has 0 N–H and O–H groups in total. The quantitative estimate of drug-likeness (QED) is 0.402. The molecule has 1 saturated heterocycles. The Bertz CT molecular complexity index is 1110. The van der Waals surface area contributed by atoms with Crippen molar-refractivity contribution in [1.29, 1.82) is 0 Å². The molecule has 0 radical (unpaired) electrons. The number of amides is 3. The summed E-state index contributed by atoms with van der Waals surface area (Å²) in [5.41, 5.74) is -0.430. The number of rotatable bonds is 9. The molecule has 0 aromatic carbocycles. The number of aromatic nitrogens is 4. The molecule has 2 fully saturated rings. The first-order valence-corrected chi connectivity index (χ1v) is 10.6. The highest BCUT2D eigenvalue weighted by Gasteiger charge is 2.41. The van der Waals surface area contributed by atoms with Crippen molar-refractivity contribution >= 4 is 18.1 Å². The number of carbonyl (C=O) groups excluding carboxylic acids is 2. The first kappa shape index (κ1) is 23.8. The first-order valence-electron chi connectivity index (χ1n) is 10.6. The number of hydrogen-bond acceptors (Lipinski definition) is 7. The maximum absolute atomic E-state index is 13.4. The number of imide groups is 1. The molecule has 2 aliphatic rings. The molecular formula is C21H23F3N6O4. The Kier molecular flexibility index (Phi) is 6.66. The standard InChI is InChI=1S/C21H23F3N6O4/c1-33-7-5-29-16(19(31)30(20(29)32)6-8-34-2)11-28-12-25-18(27-28)14-9-15(13-3-4-13)26-17(10-14)21(22,23)24/h9-13H,3-8H2,1-2H3. The van der Waals surface area contributed by atoms with Crippen molar-refractivity contribution in [3.05, 3.63) is 35.5 Å². The van der Waals surface area contributed by atoms with Crippen LogP contribution in [-0.2, 0) is 20.4 Å². The highest BCUT2D eigenvalue weighted by atomic mass is 19.4. The van der Waals surface area contributed by atoms with Gasteiger partial charge in [-0.05, 0) is 25.0 Å². The lowest BCUT2D eigenvalue weighted by Gasteiger charge is -2.16. The summed E-state index contributed by atoms with van der Waals surface area (Å²) in [7, 11) is 2.93. The number of methoxy groups -OCH3 is 2. The van der Waals surface area contributed by atoms with E-state index in [0.717, 1.165) is 23.8 Å². The van der Waals surface area contributed by atoms with Crippen molar-refractivity contribution < 1.29 is 32.2 Å². The third kappa shape index (κ3) is 4.94. The normalized spacial score (nSPS) is 18.0. The third-order valence-corrected chi connectivity index (χ3v) is 5.41. The molecule has 34 heavy (non-hydrogen) atoms. The van der Waals surface area contributed by atoms with E-state index in [0.29, 0.717) is 5.69 Å². The minimum absolute atomic E-state index is 0.000183. The van der Waals surface area contributed by atoms with Crippen LogP contribution in [0.25, 0.3) is 17.6 Å². The summed E-state index contributed by atoms with van der Waals surface area (Å²) in [6, 6.07) is 1.94. The van der Waals surface area contributed by atoms with Crippen LogP contribution in [0.3, 0.4) is 0 Å². The first-order chi connectivity index (χ1) is 16.2. The largest absolute Gasteiger partial charge is 0.433 e. The average Bonchev–Trinajstić information content (AvgIpc) is 3.51. The van der Waals surface area contributed by atoms with Crippen LogP contribution >= 0.6 is 0 Å². The van der Waals surface area contributed by atoms with Gasteiger partial charge in [-0.15, -0.1) is 5.10 Å². The van der Waals surface area contributed by atoms with Gasteiger partial charge in [0.2, 0.25) is 0 Å². The van der Waals surface area contributed by atoms with E-state index in [9.17, 15) is 22.8 Å². The second-order valence-corrected chi connectivity index (χ2v) is 7.88. The Morgan fingerprint density at radius 2 is 1.76 bits per heavy atom. The summed E-state index contributed by atoms with van der Waals surface area (Å²) in [5, 5.41) is 4.22. The summed E-state index contributed by atoms with van der Waals surface area (Å²) >= 11 is 0. The Balaban J connectivity index is 1.65. The van der Waals surface area contributed by atoms with Crippen LogP contribution in [0, 0.1) is 0 Å². The van der Waals surface area contributed by atoms with Gasteiger partial charge in [0.1, 0.15) is 17.7 Å². The summed E-state index contributed by atoms with van der Waals surface area (Å²) in [6.07, 6.45) is -0.457. The molecule has 13 heteroatoms. The SMILES string of the molecule is COCCN1C(=O)C(=Cn2cnc(-c3cc(C4CC4)nc(C(F)(F)F)c3)n2)N(CCOC)C1=O. The predicted molar refractivity (Wildman–Crippen MR) is 112 cm³/mol. The summed E-state index contributed by atoms with van der Waals surface area (Å²) in [6.45, 7) is 0.558. The fourth-order valence-corrected chi connectivity index (χ4v) is 3.50. The molecule has 1 aliphatic heterocycles. The van der Waals surface area contributed by atoms with Gasteiger partial charge in [0.25, 0.3) is 5.91 Å². The number of pyridine rings is 1. The molecule has 0 unspecified atom stereocenters. The second kappa shape index (κ2) is 9.50. The van der Waals surface area contributed by atoms with Crippen molar-refractivity contribution in [3.8, 4) is 11.4 Å². The van der Waals surface area contributed by atoms with E-state index in [1.807, 2.05) is 0 Å². The minimum Gasteiger partial charge on any atom is -0.383 e. The number of urea groups is 1. The van der Waals surface area contributed by atoms with Crippen LogP contribution in [0.15, 0.2) is 24.2 Å². The van der Waals surface area contributed by atoms with E-state index < -0.39 is 23.8 Å². The molecule has 3 amide bonds. The van der Waals surface area contributed by atoms with Crippen molar-refractivity contribution in [1.82, 2.24) is 29.5 Å². The zero-order chi connectivity index (χ0) is 24.5. The van der Waals surface area contributed by atoms with Crippen molar-refractivity contribution in [2.45, 2.75) is 24.9 Å². The van der Waals surface area contributed by atoms with E-state index >= 15 is 0 Å². The number of nitrogens with zero attached hydrogens (tertiary/aromatic N) is 6. The lowest BCUT2D eigenvalue weighted by Crippen LogP contribution is -2.36. The second-order valence-electron chi connectivity index (χ2n) is 7.88. The Morgan fingerprint density at radius 3 is 2.38 bits per heavy atom. The highest BCUT2D eigenvalue weighted by molar-refractivity contribution is 6.13. The van der Waals surface area contributed by atoms with Gasteiger partial charge in [-0.25, -0.2) is 19.4 Å². The van der Waals surface area contributed by atoms with Crippen LogP contribution in [0.5, 0.6) is 0 Å². The van der Waals surface area contributed by atoms with E-state index in [1.165, 1.54) is 36.3 Å². The van der Waals surface area contributed by atoms with Crippen LogP contribution in [0.2, 0.25) is 0 Å². The van der Waals surface area contributed by atoms with Gasteiger partial charge in [-0.2, -0.15) is 13.2 Å². The van der Waals surface area contributed by atoms with Crippen molar-refractivity contribution in [2.24, 2.45) is 0 Å². The smallest absolute Gasteiger partial charge is 0.383 e. The number of halogens is 3. The minimum atomic E-state index is -4.60. The van der Waals surface area contributed by atoms with Crippen molar-refractivity contribution in [2.75, 3.05) is 40.5 Å². The van der Waals surface area contributed by atoms with E-state index in [-0.39, 0.29) is 49.3 Å². The van der Waals surface area contributed by atoms with Gasteiger partial charge in [-0.1, -0.05) is 0 Å². The predicted octanol–water partition coefficient (Wildman–Crippen LogP) is 2.59. The maximum atomic E-state index is 13.4. The molecular weight excluding hydrogens is 457 g/mol. The molecule has 2 aromatic heterocycles. The zero-order valence-electron chi connectivity index (χ0n) is 18.6. The zero-order valence-corrected chi connectivity index (χ0v) is 18.6. The molecule has 4 rings (SSSR count). The van der Waals surface area contributed by atoms with E-state index in [2.05, 4.69) is 15.1 Å². The van der Waals surface area contributed by atoms with Crippen LogP contribution in [0.1, 0.15) is 30.1 Å². The lowest BCUT2D eigenvalue weighted by atomic mass is 10.1. The molecule has 3 heterocycles.